The van der Waals surface area contributed by atoms with Crippen molar-refractivity contribution in [2.75, 3.05) is 0 Å². The van der Waals surface area contributed by atoms with E-state index in [1.54, 1.807) is 0 Å². The van der Waals surface area contributed by atoms with Gasteiger partial charge in [-0.1, -0.05) is 13.8 Å². The van der Waals surface area contributed by atoms with Crippen molar-refractivity contribution in [1.29, 1.82) is 0 Å². The van der Waals surface area contributed by atoms with Crippen LogP contribution in [-0.2, 0) is 26.2 Å². The zero-order valence-corrected chi connectivity index (χ0v) is 15.5. The predicted molar refractivity (Wildman–Crippen MR) is 94.1 cm³/mol. The zero-order valence-electron chi connectivity index (χ0n) is 15.5. The molecule has 0 aliphatic rings. The number of aromatic nitrogens is 2. The van der Waals surface area contributed by atoms with Gasteiger partial charge >= 0.3 is 0 Å². The maximum Gasteiger partial charge on any atom is 0.207 e. The van der Waals surface area contributed by atoms with Gasteiger partial charge in [-0.25, -0.2) is 5.32 Å². The Morgan fingerprint density at radius 2 is 1.09 bits per heavy atom. The highest BCUT2D eigenvalue weighted by Gasteiger charge is 2.16. The quantitative estimate of drug-likeness (QED) is 0.813. The van der Waals surface area contributed by atoms with Crippen LogP contribution < -0.4 is 14.5 Å². The predicted octanol–water partition coefficient (Wildman–Crippen LogP) is 2.82. The Bertz CT molecular complexity index is 630. The molecule has 0 radical (unpaired) electrons. The summed E-state index contributed by atoms with van der Waals surface area (Å²) in [6, 6.07) is 9.08. The number of rotatable bonds is 6. The molecule has 0 aromatic carbocycles. The first-order chi connectivity index (χ1) is 11.0. The van der Waals surface area contributed by atoms with E-state index in [-0.39, 0.29) is 0 Å². The fourth-order valence-electron chi connectivity index (χ4n) is 3.34. The van der Waals surface area contributed by atoms with Gasteiger partial charge in [0, 0.05) is 51.0 Å². The zero-order chi connectivity index (χ0) is 17.0. The molecule has 0 spiro atoms. The van der Waals surface area contributed by atoms with Crippen LogP contribution in [0.15, 0.2) is 24.3 Å². The van der Waals surface area contributed by atoms with E-state index >= 15 is 0 Å². The smallest absolute Gasteiger partial charge is 0.204 e. The Morgan fingerprint density at radius 1 is 0.696 bits per heavy atom. The summed E-state index contributed by atoms with van der Waals surface area (Å²) in [5, 5.41) is 3.61. The number of nitrogens with one attached hydrogen (secondary N) is 1. The van der Waals surface area contributed by atoms with Crippen molar-refractivity contribution in [3.8, 4) is 0 Å². The van der Waals surface area contributed by atoms with Gasteiger partial charge in [-0.15, -0.1) is 0 Å². The lowest BCUT2D eigenvalue weighted by atomic mass is 10.1. The fourth-order valence-corrected chi connectivity index (χ4v) is 3.34. The Balaban J connectivity index is 2.15. The molecule has 23 heavy (non-hydrogen) atoms. The molecule has 0 unspecified atom stereocenters. The lowest BCUT2D eigenvalue weighted by Gasteiger charge is -2.10. The van der Waals surface area contributed by atoms with Crippen LogP contribution >= 0.6 is 0 Å². The van der Waals surface area contributed by atoms with E-state index in [0.29, 0.717) is 0 Å². The van der Waals surface area contributed by atoms with Crippen LogP contribution in [0.25, 0.3) is 0 Å². The third-order valence-corrected chi connectivity index (χ3v) is 4.47. The minimum absolute atomic E-state index is 0.846. The lowest BCUT2D eigenvalue weighted by Crippen LogP contribution is -2.53. The maximum atomic E-state index is 3.61. The summed E-state index contributed by atoms with van der Waals surface area (Å²) in [5.74, 6) is 0. The van der Waals surface area contributed by atoms with Gasteiger partial charge in [0.15, 0.2) is 22.8 Å². The molecule has 2 aromatic heterocycles. The molecule has 1 N–H and O–H groups in total. The highest BCUT2D eigenvalue weighted by Crippen LogP contribution is 2.04. The molecule has 2 rings (SSSR count). The van der Waals surface area contributed by atoms with E-state index in [9.17, 15) is 0 Å². The highest BCUT2D eigenvalue weighted by atomic mass is 15.2. The van der Waals surface area contributed by atoms with Gasteiger partial charge in [0.2, 0.25) is 13.3 Å². The van der Waals surface area contributed by atoms with E-state index in [1.807, 2.05) is 0 Å². The molecule has 124 valence electrons. The largest absolute Gasteiger partial charge is 0.207 e. The SMILES string of the molecule is CCc1cc(C)cc(C)[n+]1CNC[n+]1c(C)cc(C)cc1CC. The lowest BCUT2D eigenvalue weighted by molar-refractivity contribution is -0.746. The van der Waals surface area contributed by atoms with Crippen molar-refractivity contribution >= 4 is 0 Å². The summed E-state index contributed by atoms with van der Waals surface area (Å²) in [7, 11) is 0. The molecule has 0 bridgehead atoms. The van der Waals surface area contributed by atoms with Crippen LogP contribution in [0.2, 0.25) is 0 Å². The average molecular weight is 313 g/mol. The van der Waals surface area contributed by atoms with Crippen LogP contribution in [0.5, 0.6) is 0 Å². The van der Waals surface area contributed by atoms with Gasteiger partial charge in [0.05, 0.1) is 0 Å². The first-order valence-corrected chi connectivity index (χ1v) is 8.66. The molecular formula is C20H31N3+2. The summed E-state index contributed by atoms with van der Waals surface area (Å²) >= 11 is 0. The Labute approximate surface area is 141 Å². The van der Waals surface area contributed by atoms with Crippen molar-refractivity contribution in [3.05, 3.63) is 58.2 Å². The molecule has 0 saturated heterocycles. The topological polar surface area (TPSA) is 19.8 Å². The third-order valence-electron chi connectivity index (χ3n) is 4.47. The second-order valence-corrected chi connectivity index (χ2v) is 6.46. The second kappa shape index (κ2) is 7.69. The van der Waals surface area contributed by atoms with Crippen molar-refractivity contribution in [1.82, 2.24) is 5.32 Å². The van der Waals surface area contributed by atoms with Crippen molar-refractivity contribution in [2.24, 2.45) is 0 Å². The highest BCUT2D eigenvalue weighted by molar-refractivity contribution is 5.15. The number of hydrogen-bond acceptors (Lipinski definition) is 1. The van der Waals surface area contributed by atoms with Crippen LogP contribution in [0.4, 0.5) is 0 Å². The Hall–Kier alpha value is -1.74. The van der Waals surface area contributed by atoms with Gasteiger partial charge in [0.1, 0.15) is 0 Å². The van der Waals surface area contributed by atoms with Gasteiger partial charge in [-0.3, -0.25) is 0 Å². The molecule has 0 amide bonds. The molecular weight excluding hydrogens is 282 g/mol. The summed E-state index contributed by atoms with van der Waals surface area (Å²) < 4.78 is 4.76. The third kappa shape index (κ3) is 4.17. The Morgan fingerprint density at radius 3 is 1.43 bits per heavy atom. The molecule has 2 aromatic rings. The summed E-state index contributed by atoms with van der Waals surface area (Å²) in [6.45, 7) is 14.9. The molecule has 0 fully saturated rings. The number of nitrogens with zero attached hydrogens (tertiary/aromatic N) is 2. The molecule has 2 heterocycles. The van der Waals surface area contributed by atoms with Gasteiger partial charge in [-0.05, 0) is 25.0 Å². The maximum absolute atomic E-state index is 3.61. The standard InChI is InChI=1S/C20H31N3/c1-7-19-11-15(3)9-17(5)22(19)13-21-14-23-18(6)10-16(4)12-20(23)8-2/h9-12,21H,7-8,13-14H2,1-6H3/q+2. The minimum atomic E-state index is 0.846. The average Bonchev–Trinajstić information content (AvgIpc) is 2.50. The fraction of sp³-hybridized carbons (Fsp3) is 0.500. The van der Waals surface area contributed by atoms with Crippen LogP contribution in [0, 0.1) is 27.7 Å². The molecule has 3 heteroatoms. The number of aryl methyl sites for hydroxylation is 6. The van der Waals surface area contributed by atoms with Crippen molar-refractivity contribution < 1.29 is 9.13 Å². The second-order valence-electron chi connectivity index (χ2n) is 6.46. The van der Waals surface area contributed by atoms with Crippen LogP contribution in [-0.4, -0.2) is 0 Å². The first-order valence-electron chi connectivity index (χ1n) is 8.66. The first kappa shape index (κ1) is 17.6. The summed E-state index contributed by atoms with van der Waals surface area (Å²) in [6.07, 6.45) is 2.11. The number of pyridine rings is 2. The van der Waals surface area contributed by atoms with Crippen LogP contribution in [0.3, 0.4) is 0 Å². The Kier molecular flexibility index (Phi) is 5.89. The molecule has 0 saturated carbocycles. The molecule has 0 atom stereocenters. The summed E-state index contributed by atoms with van der Waals surface area (Å²) in [5.41, 5.74) is 8.08. The monoisotopic (exact) mass is 313 g/mol. The molecule has 3 nitrogen and oxygen atoms in total. The molecule has 0 aliphatic heterocycles. The van der Waals surface area contributed by atoms with Gasteiger partial charge < -0.3 is 0 Å². The van der Waals surface area contributed by atoms with Crippen molar-refractivity contribution in [2.45, 2.75) is 67.7 Å². The van der Waals surface area contributed by atoms with Gasteiger partial charge in [-0.2, -0.15) is 9.13 Å². The van der Waals surface area contributed by atoms with Crippen LogP contribution in [0.1, 0.15) is 47.8 Å². The number of hydrogen-bond donors (Lipinski definition) is 1. The van der Waals surface area contributed by atoms with E-state index in [2.05, 4.69) is 80.3 Å². The van der Waals surface area contributed by atoms with Gasteiger partial charge in [0.25, 0.3) is 0 Å². The van der Waals surface area contributed by atoms with Crippen molar-refractivity contribution in [3.63, 3.8) is 0 Å². The minimum Gasteiger partial charge on any atom is -0.204 e. The van der Waals surface area contributed by atoms with E-state index in [4.69, 9.17) is 0 Å². The normalized spacial score (nSPS) is 11.0. The molecule has 0 aliphatic carbocycles. The van der Waals surface area contributed by atoms with E-state index in [1.165, 1.54) is 33.9 Å². The van der Waals surface area contributed by atoms with E-state index < -0.39 is 0 Å². The van der Waals surface area contributed by atoms with E-state index in [0.717, 1.165) is 26.2 Å². The summed E-state index contributed by atoms with van der Waals surface area (Å²) in [4.78, 5) is 0.